The van der Waals surface area contributed by atoms with Crippen molar-refractivity contribution in [1.82, 2.24) is 15.4 Å². The first-order valence-electron chi connectivity index (χ1n) is 5.16. The van der Waals surface area contributed by atoms with Gasteiger partial charge in [0.05, 0.1) is 6.61 Å². The monoisotopic (exact) mass is 253 g/mol. The number of carbonyl (C=O) groups excluding carboxylic acids is 1. The quantitative estimate of drug-likeness (QED) is 0.848. The lowest BCUT2D eigenvalue weighted by atomic mass is 10.1. The fourth-order valence-electron chi connectivity index (χ4n) is 1.44. The highest BCUT2D eigenvalue weighted by Gasteiger charge is 2.21. The number of esters is 1. The van der Waals surface area contributed by atoms with Gasteiger partial charge in [0.1, 0.15) is 17.3 Å². The molecule has 2 rings (SSSR count). The van der Waals surface area contributed by atoms with Gasteiger partial charge in [-0.25, -0.2) is 13.6 Å². The van der Waals surface area contributed by atoms with E-state index in [4.69, 9.17) is 4.74 Å². The maximum Gasteiger partial charge on any atom is 0.361 e. The number of benzene rings is 1. The summed E-state index contributed by atoms with van der Waals surface area (Å²) >= 11 is 0. The van der Waals surface area contributed by atoms with Crippen LogP contribution in [0.1, 0.15) is 17.4 Å². The second-order valence-electron chi connectivity index (χ2n) is 3.37. The minimum Gasteiger partial charge on any atom is -0.461 e. The number of halogens is 2. The average Bonchev–Trinajstić information content (AvgIpc) is 2.81. The summed E-state index contributed by atoms with van der Waals surface area (Å²) in [6.07, 6.45) is 0. The van der Waals surface area contributed by atoms with Gasteiger partial charge in [0.25, 0.3) is 0 Å². The lowest BCUT2D eigenvalue weighted by molar-refractivity contribution is 0.0520. The SMILES string of the molecule is CCOC(=O)c1n[nH]nc1-c1cc(F)ccc1F. The van der Waals surface area contributed by atoms with E-state index in [-0.39, 0.29) is 23.6 Å². The minimum absolute atomic E-state index is 0.0783. The summed E-state index contributed by atoms with van der Waals surface area (Å²) in [5.74, 6) is -2.08. The number of rotatable bonds is 3. The molecule has 0 atom stereocenters. The second kappa shape index (κ2) is 4.91. The molecule has 0 unspecified atom stereocenters. The van der Waals surface area contributed by atoms with Gasteiger partial charge in [0.2, 0.25) is 0 Å². The lowest BCUT2D eigenvalue weighted by Gasteiger charge is -2.02. The van der Waals surface area contributed by atoms with Crippen molar-refractivity contribution in [3.63, 3.8) is 0 Å². The summed E-state index contributed by atoms with van der Waals surface area (Å²) in [6.45, 7) is 1.77. The van der Waals surface area contributed by atoms with Gasteiger partial charge in [-0.15, -0.1) is 5.10 Å². The molecular weight excluding hydrogens is 244 g/mol. The zero-order chi connectivity index (χ0) is 13.1. The van der Waals surface area contributed by atoms with E-state index < -0.39 is 17.6 Å². The van der Waals surface area contributed by atoms with Crippen LogP contribution in [0.25, 0.3) is 11.3 Å². The van der Waals surface area contributed by atoms with E-state index in [1.807, 2.05) is 0 Å². The van der Waals surface area contributed by atoms with Crippen LogP contribution in [-0.4, -0.2) is 28.0 Å². The summed E-state index contributed by atoms with van der Waals surface area (Å²) in [5.41, 5.74) is -0.404. The molecule has 1 N–H and O–H groups in total. The maximum absolute atomic E-state index is 13.6. The maximum atomic E-state index is 13.6. The van der Waals surface area contributed by atoms with Gasteiger partial charge in [0.15, 0.2) is 5.69 Å². The summed E-state index contributed by atoms with van der Waals surface area (Å²) in [7, 11) is 0. The number of carbonyl (C=O) groups is 1. The van der Waals surface area contributed by atoms with Gasteiger partial charge in [-0.1, -0.05) is 0 Å². The first-order valence-corrected chi connectivity index (χ1v) is 5.16. The van der Waals surface area contributed by atoms with Crippen LogP contribution < -0.4 is 0 Å². The van der Waals surface area contributed by atoms with Crippen LogP contribution in [0.3, 0.4) is 0 Å². The van der Waals surface area contributed by atoms with Gasteiger partial charge < -0.3 is 4.74 Å². The number of aromatic nitrogens is 3. The number of ether oxygens (including phenoxy) is 1. The zero-order valence-electron chi connectivity index (χ0n) is 9.41. The molecule has 1 aromatic heterocycles. The third-order valence-electron chi connectivity index (χ3n) is 2.20. The number of hydrogen-bond donors (Lipinski definition) is 1. The van der Waals surface area contributed by atoms with Crippen LogP contribution in [0.5, 0.6) is 0 Å². The average molecular weight is 253 g/mol. The van der Waals surface area contributed by atoms with Crippen molar-refractivity contribution < 1.29 is 18.3 Å². The summed E-state index contributed by atoms with van der Waals surface area (Å²) in [6, 6.07) is 2.87. The fraction of sp³-hybridized carbons (Fsp3) is 0.182. The van der Waals surface area contributed by atoms with Crippen molar-refractivity contribution >= 4 is 5.97 Å². The molecule has 0 fully saturated rings. The topological polar surface area (TPSA) is 67.9 Å². The first-order chi connectivity index (χ1) is 8.63. The van der Waals surface area contributed by atoms with E-state index in [0.717, 1.165) is 18.2 Å². The predicted octanol–water partition coefficient (Wildman–Crippen LogP) is 1.93. The van der Waals surface area contributed by atoms with Gasteiger partial charge in [-0.2, -0.15) is 10.3 Å². The Hall–Kier alpha value is -2.31. The van der Waals surface area contributed by atoms with Crippen LogP contribution >= 0.6 is 0 Å². The molecule has 0 amide bonds. The number of H-pyrrole nitrogens is 1. The molecule has 5 nitrogen and oxygen atoms in total. The van der Waals surface area contributed by atoms with E-state index in [1.54, 1.807) is 6.92 Å². The Morgan fingerprint density at radius 2 is 2.17 bits per heavy atom. The summed E-state index contributed by atoms with van der Waals surface area (Å²) in [5, 5.41) is 9.42. The molecule has 0 spiro atoms. The molecule has 0 radical (unpaired) electrons. The third-order valence-corrected chi connectivity index (χ3v) is 2.20. The van der Waals surface area contributed by atoms with E-state index >= 15 is 0 Å². The van der Waals surface area contributed by atoms with E-state index in [0.29, 0.717) is 0 Å². The Bertz CT molecular complexity index is 583. The minimum atomic E-state index is -0.745. The highest BCUT2D eigenvalue weighted by Crippen LogP contribution is 2.24. The van der Waals surface area contributed by atoms with Crippen molar-refractivity contribution in [2.45, 2.75) is 6.92 Å². The van der Waals surface area contributed by atoms with Crippen LogP contribution in [-0.2, 0) is 4.74 Å². The van der Waals surface area contributed by atoms with Crippen molar-refractivity contribution in [2.24, 2.45) is 0 Å². The standard InChI is InChI=1S/C11H9F2N3O2/c1-2-18-11(17)10-9(14-16-15-10)7-5-6(12)3-4-8(7)13/h3-5H,2H2,1H3,(H,14,15,16). The van der Waals surface area contributed by atoms with Crippen molar-refractivity contribution in [1.29, 1.82) is 0 Å². The normalized spacial score (nSPS) is 10.4. The van der Waals surface area contributed by atoms with E-state index in [9.17, 15) is 13.6 Å². The van der Waals surface area contributed by atoms with Crippen molar-refractivity contribution in [2.75, 3.05) is 6.61 Å². The number of aromatic amines is 1. The number of hydrogen-bond acceptors (Lipinski definition) is 4. The molecule has 2 aromatic rings. The molecule has 1 heterocycles. The first kappa shape index (κ1) is 12.2. The van der Waals surface area contributed by atoms with Gasteiger partial charge >= 0.3 is 5.97 Å². The highest BCUT2D eigenvalue weighted by molar-refractivity contribution is 5.93. The third kappa shape index (κ3) is 2.20. The smallest absolute Gasteiger partial charge is 0.361 e. The fourth-order valence-corrected chi connectivity index (χ4v) is 1.44. The van der Waals surface area contributed by atoms with Gasteiger partial charge in [0, 0.05) is 5.56 Å². The Balaban J connectivity index is 2.48. The highest BCUT2D eigenvalue weighted by atomic mass is 19.1. The van der Waals surface area contributed by atoms with Gasteiger partial charge in [-0.05, 0) is 25.1 Å². The Morgan fingerprint density at radius 1 is 1.39 bits per heavy atom. The molecule has 0 saturated heterocycles. The molecule has 18 heavy (non-hydrogen) atoms. The van der Waals surface area contributed by atoms with Crippen LogP contribution in [0.2, 0.25) is 0 Å². The largest absolute Gasteiger partial charge is 0.461 e. The van der Waals surface area contributed by atoms with E-state index in [2.05, 4.69) is 15.4 Å². The molecular formula is C11H9F2N3O2. The molecule has 94 valence electrons. The van der Waals surface area contributed by atoms with Crippen LogP contribution in [0.4, 0.5) is 8.78 Å². The number of nitrogens with one attached hydrogen (secondary N) is 1. The second-order valence-corrected chi connectivity index (χ2v) is 3.37. The molecule has 0 bridgehead atoms. The Morgan fingerprint density at radius 3 is 2.89 bits per heavy atom. The van der Waals surface area contributed by atoms with Gasteiger partial charge in [-0.3, -0.25) is 0 Å². The molecule has 1 aromatic carbocycles. The Labute approximate surface area is 101 Å². The predicted molar refractivity (Wildman–Crippen MR) is 57.7 cm³/mol. The molecule has 0 aliphatic rings. The van der Waals surface area contributed by atoms with Crippen molar-refractivity contribution in [3.8, 4) is 11.3 Å². The lowest BCUT2D eigenvalue weighted by Crippen LogP contribution is -2.07. The molecule has 0 aliphatic heterocycles. The van der Waals surface area contributed by atoms with Crippen LogP contribution in [0.15, 0.2) is 18.2 Å². The zero-order valence-corrected chi connectivity index (χ0v) is 9.41. The molecule has 0 saturated carbocycles. The Kier molecular flexibility index (Phi) is 3.31. The molecule has 0 aliphatic carbocycles. The van der Waals surface area contributed by atoms with Crippen LogP contribution in [0, 0.1) is 11.6 Å². The van der Waals surface area contributed by atoms with Crippen molar-refractivity contribution in [3.05, 3.63) is 35.5 Å². The summed E-state index contributed by atoms with van der Waals surface area (Å²) < 4.78 is 31.4. The molecule has 7 heteroatoms. The summed E-state index contributed by atoms with van der Waals surface area (Å²) in [4.78, 5) is 11.5. The van der Waals surface area contributed by atoms with E-state index in [1.165, 1.54) is 0 Å². The number of nitrogens with zero attached hydrogens (tertiary/aromatic N) is 2.